The van der Waals surface area contributed by atoms with Gasteiger partial charge < -0.3 is 25.2 Å². The van der Waals surface area contributed by atoms with E-state index in [1.54, 1.807) is 0 Å². The summed E-state index contributed by atoms with van der Waals surface area (Å²) >= 11 is 0.946. The van der Waals surface area contributed by atoms with Crippen LogP contribution in [0, 0.1) is 5.92 Å². The molecule has 12 heteroatoms. The van der Waals surface area contributed by atoms with Crippen molar-refractivity contribution < 1.29 is 29.0 Å². The number of nitrogens with zero attached hydrogens (tertiary/aromatic N) is 2. The summed E-state index contributed by atoms with van der Waals surface area (Å²) in [6.07, 6.45) is 2.36. The summed E-state index contributed by atoms with van der Waals surface area (Å²) in [5.41, 5.74) is 0. The molecule has 0 spiro atoms. The number of carbonyl (C=O) groups excluding carboxylic acids is 2. The number of urea groups is 1. The molecule has 0 saturated carbocycles. The zero-order valence-electron chi connectivity index (χ0n) is 16.4. The second kappa shape index (κ2) is 12.1. The van der Waals surface area contributed by atoms with E-state index in [1.165, 1.54) is 14.2 Å². The minimum atomic E-state index is -1.07. The first-order valence-electron chi connectivity index (χ1n) is 8.76. The molecule has 1 aliphatic rings. The number of carboxylic acid groups (broad SMARTS) is 1. The van der Waals surface area contributed by atoms with Crippen molar-refractivity contribution in [2.75, 3.05) is 26.1 Å². The SMILES string of the molecule is COC(=O)[C@@H]1CCCN1.COc1nsc(NC(=O)N[C@@H](CC(C)C)C(=O)O)n1. The Bertz CT molecular complexity index is 647. The number of hydrogen-bond donors (Lipinski definition) is 4. The van der Waals surface area contributed by atoms with E-state index in [0.717, 1.165) is 30.9 Å². The fourth-order valence-electron chi connectivity index (χ4n) is 2.36. The molecule has 1 aliphatic heterocycles. The predicted octanol–water partition coefficient (Wildman–Crippen LogP) is 1.08. The molecule has 1 aromatic rings. The number of esters is 1. The highest BCUT2D eigenvalue weighted by atomic mass is 32.1. The van der Waals surface area contributed by atoms with Crippen LogP contribution in [0.25, 0.3) is 0 Å². The molecule has 4 N–H and O–H groups in total. The summed E-state index contributed by atoms with van der Waals surface area (Å²) in [5.74, 6) is -1.05. The van der Waals surface area contributed by atoms with Crippen LogP contribution in [0.3, 0.4) is 0 Å². The third-order valence-corrected chi connectivity index (χ3v) is 4.28. The molecular weight excluding hydrogens is 390 g/mol. The number of ether oxygens (including phenoxy) is 2. The van der Waals surface area contributed by atoms with E-state index in [0.29, 0.717) is 6.42 Å². The Morgan fingerprint density at radius 2 is 2.07 bits per heavy atom. The maximum absolute atomic E-state index is 11.6. The molecule has 28 heavy (non-hydrogen) atoms. The first-order valence-corrected chi connectivity index (χ1v) is 9.53. The van der Waals surface area contributed by atoms with Gasteiger partial charge in [0.1, 0.15) is 12.1 Å². The highest BCUT2D eigenvalue weighted by Gasteiger charge is 2.22. The van der Waals surface area contributed by atoms with E-state index in [-0.39, 0.29) is 29.1 Å². The number of amides is 2. The van der Waals surface area contributed by atoms with Crippen molar-refractivity contribution in [3.05, 3.63) is 0 Å². The average Bonchev–Trinajstić information content (AvgIpc) is 3.32. The lowest BCUT2D eigenvalue weighted by molar-refractivity contribution is -0.142. The molecule has 2 amide bonds. The summed E-state index contributed by atoms with van der Waals surface area (Å²) in [6.45, 7) is 4.70. The van der Waals surface area contributed by atoms with Crippen LogP contribution in [0.1, 0.15) is 33.1 Å². The highest BCUT2D eigenvalue weighted by molar-refractivity contribution is 7.10. The summed E-state index contributed by atoms with van der Waals surface area (Å²) in [4.78, 5) is 37.2. The van der Waals surface area contributed by atoms with Crippen LogP contribution in [0.15, 0.2) is 0 Å². The number of carbonyl (C=O) groups is 3. The number of aromatic nitrogens is 2. The normalized spacial score (nSPS) is 16.5. The van der Waals surface area contributed by atoms with Crippen LogP contribution < -0.4 is 20.7 Å². The van der Waals surface area contributed by atoms with Gasteiger partial charge in [0.2, 0.25) is 5.13 Å². The minimum Gasteiger partial charge on any atom is -0.480 e. The van der Waals surface area contributed by atoms with Gasteiger partial charge in [0.05, 0.1) is 14.2 Å². The molecular formula is C16H27N5O6S. The van der Waals surface area contributed by atoms with Gasteiger partial charge >= 0.3 is 24.0 Å². The molecule has 0 unspecified atom stereocenters. The molecule has 2 rings (SSSR count). The van der Waals surface area contributed by atoms with Crippen LogP contribution in [0.2, 0.25) is 0 Å². The first kappa shape index (κ1) is 23.6. The van der Waals surface area contributed by atoms with E-state index in [1.807, 2.05) is 13.8 Å². The quantitative estimate of drug-likeness (QED) is 0.477. The van der Waals surface area contributed by atoms with Crippen LogP contribution in [0.5, 0.6) is 6.01 Å². The second-order valence-corrected chi connectivity index (χ2v) is 7.13. The van der Waals surface area contributed by atoms with Gasteiger partial charge in [-0.15, -0.1) is 4.37 Å². The van der Waals surface area contributed by atoms with Crippen molar-refractivity contribution in [2.45, 2.75) is 45.2 Å². The lowest BCUT2D eigenvalue weighted by Crippen LogP contribution is -2.43. The van der Waals surface area contributed by atoms with Crippen molar-refractivity contribution in [1.82, 2.24) is 20.0 Å². The zero-order chi connectivity index (χ0) is 21.1. The van der Waals surface area contributed by atoms with E-state index in [9.17, 15) is 14.4 Å². The van der Waals surface area contributed by atoms with E-state index < -0.39 is 18.0 Å². The van der Waals surface area contributed by atoms with Crippen molar-refractivity contribution in [3.63, 3.8) is 0 Å². The van der Waals surface area contributed by atoms with E-state index in [2.05, 4.69) is 30.0 Å². The topological polar surface area (TPSA) is 152 Å². The molecule has 11 nitrogen and oxygen atoms in total. The van der Waals surface area contributed by atoms with Crippen LogP contribution in [-0.2, 0) is 14.3 Å². The summed E-state index contributed by atoms with van der Waals surface area (Å²) < 4.78 is 13.1. The van der Waals surface area contributed by atoms with Gasteiger partial charge in [-0.05, 0) is 31.7 Å². The minimum absolute atomic E-state index is 0.0324. The zero-order valence-corrected chi connectivity index (χ0v) is 17.2. The van der Waals surface area contributed by atoms with E-state index in [4.69, 9.17) is 9.84 Å². The summed E-state index contributed by atoms with van der Waals surface area (Å²) in [7, 11) is 2.83. The number of hydrogen-bond acceptors (Lipinski definition) is 9. The highest BCUT2D eigenvalue weighted by Crippen LogP contribution is 2.15. The maximum Gasteiger partial charge on any atom is 0.329 e. The van der Waals surface area contributed by atoms with Gasteiger partial charge in [0, 0.05) is 11.5 Å². The molecule has 0 radical (unpaired) electrons. The Labute approximate surface area is 167 Å². The van der Waals surface area contributed by atoms with Gasteiger partial charge in [0.15, 0.2) is 0 Å². The van der Waals surface area contributed by atoms with E-state index >= 15 is 0 Å². The van der Waals surface area contributed by atoms with Crippen molar-refractivity contribution in [3.8, 4) is 6.01 Å². The number of rotatable bonds is 7. The Morgan fingerprint density at radius 1 is 1.36 bits per heavy atom. The fraction of sp³-hybridized carbons (Fsp3) is 0.688. The largest absolute Gasteiger partial charge is 0.480 e. The van der Waals surface area contributed by atoms with Gasteiger partial charge in [-0.25, -0.2) is 9.59 Å². The lowest BCUT2D eigenvalue weighted by Gasteiger charge is -2.16. The Balaban J connectivity index is 0.000000362. The van der Waals surface area contributed by atoms with Crippen LogP contribution in [0.4, 0.5) is 9.93 Å². The third-order valence-electron chi connectivity index (χ3n) is 3.67. The molecule has 1 fully saturated rings. The Morgan fingerprint density at radius 3 is 2.54 bits per heavy atom. The number of aliphatic carboxylic acids is 1. The lowest BCUT2D eigenvalue weighted by atomic mass is 10.0. The number of nitrogens with one attached hydrogen (secondary N) is 3. The van der Waals surface area contributed by atoms with Gasteiger partial charge in [0.25, 0.3) is 0 Å². The number of methoxy groups -OCH3 is 2. The van der Waals surface area contributed by atoms with Crippen molar-refractivity contribution in [1.29, 1.82) is 0 Å². The standard InChI is InChI=1S/C10H16N4O4S.C6H11NO2/c1-5(2)4-6(7(15)16)11-8(17)12-10-13-9(18-3)14-19-10;1-9-6(8)5-3-2-4-7-5/h5-6H,4H2,1-3H3,(H,15,16)(H2,11,12,13,14,17);5,7H,2-4H2,1H3/t6-;5-/m00/s1. The maximum atomic E-state index is 11.6. The number of carboxylic acids is 1. The molecule has 1 aromatic heterocycles. The average molecular weight is 417 g/mol. The smallest absolute Gasteiger partial charge is 0.329 e. The molecule has 0 aliphatic carbocycles. The Hall–Kier alpha value is -2.47. The Kier molecular flexibility index (Phi) is 10.2. The molecule has 1 saturated heterocycles. The van der Waals surface area contributed by atoms with Crippen molar-refractivity contribution >= 4 is 34.6 Å². The van der Waals surface area contributed by atoms with Gasteiger partial charge in [-0.1, -0.05) is 13.8 Å². The van der Waals surface area contributed by atoms with Gasteiger partial charge in [-0.2, -0.15) is 4.98 Å². The molecule has 158 valence electrons. The summed E-state index contributed by atoms with van der Waals surface area (Å²) in [6, 6.07) is -1.45. The predicted molar refractivity (Wildman–Crippen MR) is 103 cm³/mol. The third kappa shape index (κ3) is 8.48. The number of anilines is 1. The molecule has 0 bridgehead atoms. The van der Waals surface area contributed by atoms with Crippen LogP contribution >= 0.6 is 11.5 Å². The second-order valence-electron chi connectivity index (χ2n) is 6.38. The van der Waals surface area contributed by atoms with Crippen LogP contribution in [-0.4, -0.2) is 65.3 Å². The molecule has 0 aromatic carbocycles. The summed E-state index contributed by atoms with van der Waals surface area (Å²) in [5, 5.41) is 17.0. The first-order chi connectivity index (χ1) is 13.3. The van der Waals surface area contributed by atoms with Crippen molar-refractivity contribution in [2.24, 2.45) is 5.92 Å². The fourth-order valence-corrected chi connectivity index (χ4v) is 2.89. The van der Waals surface area contributed by atoms with Gasteiger partial charge in [-0.3, -0.25) is 10.1 Å². The monoisotopic (exact) mass is 417 g/mol. The molecule has 2 heterocycles. The molecule has 2 atom stereocenters.